The molecule has 3 rings (SSSR count). The van der Waals surface area contributed by atoms with Gasteiger partial charge in [-0.3, -0.25) is 9.59 Å². The summed E-state index contributed by atoms with van der Waals surface area (Å²) in [5.74, 6) is 0.800. The average molecular weight is 425 g/mol. The molecule has 1 unspecified atom stereocenters. The van der Waals surface area contributed by atoms with E-state index >= 15 is 0 Å². The van der Waals surface area contributed by atoms with Gasteiger partial charge >= 0.3 is 0 Å². The van der Waals surface area contributed by atoms with Gasteiger partial charge in [0.05, 0.1) is 6.54 Å². The molecule has 0 radical (unpaired) electrons. The maximum absolute atomic E-state index is 13.0. The minimum absolute atomic E-state index is 0.00765. The van der Waals surface area contributed by atoms with Gasteiger partial charge in [0.1, 0.15) is 0 Å². The number of primary amides is 1. The molecule has 1 heterocycles. The smallest absolute Gasteiger partial charge is 0.246 e. The topological polar surface area (TPSA) is 63.4 Å². The lowest BCUT2D eigenvalue weighted by Gasteiger charge is -2.41. The van der Waals surface area contributed by atoms with Crippen LogP contribution in [0.4, 0.5) is 0 Å². The van der Waals surface area contributed by atoms with E-state index in [2.05, 4.69) is 44.2 Å². The van der Waals surface area contributed by atoms with Crippen LogP contribution in [0.2, 0.25) is 0 Å². The monoisotopic (exact) mass is 424 g/mol. The van der Waals surface area contributed by atoms with Crippen molar-refractivity contribution in [2.45, 2.75) is 83.5 Å². The molecule has 2 amide bonds. The van der Waals surface area contributed by atoms with Crippen LogP contribution in [0, 0.1) is 11.8 Å². The zero-order chi connectivity index (χ0) is 22.3. The Labute approximate surface area is 188 Å². The first kappa shape index (κ1) is 23.6. The summed E-state index contributed by atoms with van der Waals surface area (Å²) < 4.78 is 0. The Kier molecular flexibility index (Phi) is 8.34. The van der Waals surface area contributed by atoms with Gasteiger partial charge in [0.2, 0.25) is 11.8 Å². The van der Waals surface area contributed by atoms with Crippen LogP contribution in [0.15, 0.2) is 42.0 Å². The molecule has 0 saturated heterocycles. The Morgan fingerprint density at radius 1 is 1.16 bits per heavy atom. The number of allylic oxidation sites excluding steroid dienone is 1. The fraction of sp³-hybridized carbons (Fsp3) is 0.630. The van der Waals surface area contributed by atoms with E-state index in [1.807, 2.05) is 6.08 Å². The molecule has 4 heteroatoms. The largest absolute Gasteiger partial charge is 0.368 e. The molecule has 1 saturated carbocycles. The van der Waals surface area contributed by atoms with Crippen molar-refractivity contribution in [3.8, 4) is 0 Å². The van der Waals surface area contributed by atoms with E-state index in [1.54, 1.807) is 4.90 Å². The number of rotatable bonds is 7. The third-order valence-corrected chi connectivity index (χ3v) is 7.84. The van der Waals surface area contributed by atoms with Gasteiger partial charge in [-0.15, -0.1) is 0 Å². The summed E-state index contributed by atoms with van der Waals surface area (Å²) in [5, 5.41) is 0. The van der Waals surface area contributed by atoms with Crippen molar-refractivity contribution in [1.29, 1.82) is 0 Å². The summed E-state index contributed by atoms with van der Waals surface area (Å²) in [4.78, 5) is 26.4. The SMILES string of the molecule is CCC(C)[C@]1(c2ccccc2)CCC/C(CC2CCC2)=C/C(=O)N(CC(N)=O)CCC1. The third-order valence-electron chi connectivity index (χ3n) is 7.84. The van der Waals surface area contributed by atoms with Crippen molar-refractivity contribution in [3.05, 3.63) is 47.5 Å². The number of nitrogens with two attached hydrogens (primary N) is 1. The molecular weight excluding hydrogens is 384 g/mol. The van der Waals surface area contributed by atoms with Gasteiger partial charge in [-0.2, -0.15) is 0 Å². The van der Waals surface area contributed by atoms with E-state index in [1.165, 1.54) is 30.4 Å². The van der Waals surface area contributed by atoms with Crippen LogP contribution >= 0.6 is 0 Å². The molecule has 170 valence electrons. The van der Waals surface area contributed by atoms with Crippen LogP contribution < -0.4 is 5.73 Å². The Balaban J connectivity index is 1.90. The van der Waals surface area contributed by atoms with Crippen molar-refractivity contribution >= 4 is 11.8 Å². The molecule has 1 aliphatic carbocycles. The second-order valence-corrected chi connectivity index (χ2v) is 9.82. The number of benzene rings is 1. The summed E-state index contributed by atoms with van der Waals surface area (Å²) in [6, 6.07) is 10.9. The second kappa shape index (κ2) is 11.0. The standard InChI is InChI=1S/C27H40N2O2/c1-3-21(2)27(24-13-5-4-6-14-24)15-8-12-23(18-22-10-7-11-22)19-26(31)29(17-9-16-27)20-25(28)30/h4-6,13-14,19,21-22H,3,7-12,15-18,20H2,1-2H3,(H2,28,30)/b23-19-/t21?,27-/m0/s1. The number of amides is 2. The first-order valence-electron chi connectivity index (χ1n) is 12.3. The molecule has 1 aromatic rings. The van der Waals surface area contributed by atoms with Crippen molar-refractivity contribution in [3.63, 3.8) is 0 Å². The van der Waals surface area contributed by atoms with Crippen LogP contribution in [0.25, 0.3) is 0 Å². The fourth-order valence-corrected chi connectivity index (χ4v) is 5.59. The van der Waals surface area contributed by atoms with Crippen LogP contribution in [-0.2, 0) is 15.0 Å². The molecule has 1 fully saturated rings. The summed E-state index contributed by atoms with van der Waals surface area (Å²) in [6.07, 6.45) is 13.0. The van der Waals surface area contributed by atoms with Gasteiger partial charge in [0, 0.05) is 12.6 Å². The maximum Gasteiger partial charge on any atom is 0.246 e. The van der Waals surface area contributed by atoms with Gasteiger partial charge in [-0.05, 0) is 61.3 Å². The Hall–Kier alpha value is -2.10. The maximum atomic E-state index is 13.0. The van der Waals surface area contributed by atoms with E-state index in [0.29, 0.717) is 12.5 Å². The van der Waals surface area contributed by atoms with Gasteiger partial charge in [-0.1, -0.05) is 75.4 Å². The average Bonchev–Trinajstić information content (AvgIpc) is 2.76. The highest BCUT2D eigenvalue weighted by Crippen LogP contribution is 2.44. The predicted molar refractivity (Wildman–Crippen MR) is 126 cm³/mol. The quantitative estimate of drug-likeness (QED) is 0.640. The molecule has 0 bridgehead atoms. The number of carbonyl (C=O) groups is 2. The predicted octanol–water partition coefficient (Wildman–Crippen LogP) is 5.37. The van der Waals surface area contributed by atoms with Crippen LogP contribution in [0.3, 0.4) is 0 Å². The molecule has 2 atom stereocenters. The van der Waals surface area contributed by atoms with Crippen molar-refractivity contribution in [1.82, 2.24) is 4.90 Å². The molecule has 0 aromatic heterocycles. The molecule has 2 aliphatic rings. The fourth-order valence-electron chi connectivity index (χ4n) is 5.59. The first-order chi connectivity index (χ1) is 14.9. The normalized spacial score (nSPS) is 26.3. The highest BCUT2D eigenvalue weighted by molar-refractivity contribution is 5.91. The van der Waals surface area contributed by atoms with Crippen molar-refractivity contribution in [2.75, 3.05) is 13.1 Å². The van der Waals surface area contributed by atoms with Crippen LogP contribution in [0.1, 0.15) is 83.6 Å². The summed E-state index contributed by atoms with van der Waals surface area (Å²) in [7, 11) is 0. The second-order valence-electron chi connectivity index (χ2n) is 9.82. The van der Waals surface area contributed by atoms with Gasteiger partial charge in [-0.25, -0.2) is 0 Å². The van der Waals surface area contributed by atoms with Crippen LogP contribution in [0.5, 0.6) is 0 Å². The minimum atomic E-state index is -0.437. The van der Waals surface area contributed by atoms with Gasteiger partial charge in [0.25, 0.3) is 0 Å². The zero-order valence-corrected chi connectivity index (χ0v) is 19.4. The number of hydrogen-bond donors (Lipinski definition) is 1. The highest BCUT2D eigenvalue weighted by Gasteiger charge is 2.36. The lowest BCUT2D eigenvalue weighted by molar-refractivity contribution is -0.131. The molecule has 1 aromatic carbocycles. The van der Waals surface area contributed by atoms with Crippen LogP contribution in [-0.4, -0.2) is 29.8 Å². The van der Waals surface area contributed by atoms with Gasteiger partial charge < -0.3 is 10.6 Å². The van der Waals surface area contributed by atoms with Crippen molar-refractivity contribution < 1.29 is 9.59 Å². The Morgan fingerprint density at radius 3 is 2.48 bits per heavy atom. The molecule has 4 nitrogen and oxygen atoms in total. The number of carbonyl (C=O) groups excluding carboxylic acids is 2. The zero-order valence-electron chi connectivity index (χ0n) is 19.4. The third kappa shape index (κ3) is 5.99. The molecule has 31 heavy (non-hydrogen) atoms. The number of nitrogens with zero attached hydrogens (tertiary/aromatic N) is 1. The molecular formula is C27H40N2O2. The lowest BCUT2D eigenvalue weighted by Crippen LogP contribution is -2.39. The minimum Gasteiger partial charge on any atom is -0.368 e. The van der Waals surface area contributed by atoms with E-state index in [4.69, 9.17) is 5.73 Å². The van der Waals surface area contributed by atoms with E-state index < -0.39 is 5.91 Å². The van der Waals surface area contributed by atoms with Crippen molar-refractivity contribution in [2.24, 2.45) is 17.6 Å². The molecule has 2 N–H and O–H groups in total. The van der Waals surface area contributed by atoms with E-state index in [0.717, 1.165) is 50.9 Å². The van der Waals surface area contributed by atoms with E-state index in [-0.39, 0.29) is 17.9 Å². The summed E-state index contributed by atoms with van der Waals surface area (Å²) in [5.41, 5.74) is 8.26. The van der Waals surface area contributed by atoms with Gasteiger partial charge in [0.15, 0.2) is 0 Å². The summed E-state index contributed by atoms with van der Waals surface area (Å²) in [6.45, 7) is 5.25. The molecule has 0 spiro atoms. The lowest BCUT2D eigenvalue weighted by atomic mass is 9.64. The molecule has 1 aliphatic heterocycles. The number of hydrogen-bond acceptors (Lipinski definition) is 2. The highest BCUT2D eigenvalue weighted by atomic mass is 16.2. The van der Waals surface area contributed by atoms with E-state index in [9.17, 15) is 9.59 Å². The Bertz CT molecular complexity index is 769. The first-order valence-corrected chi connectivity index (χ1v) is 12.3. The Morgan fingerprint density at radius 2 is 1.87 bits per heavy atom. The summed E-state index contributed by atoms with van der Waals surface area (Å²) >= 11 is 0.